The van der Waals surface area contributed by atoms with Crippen molar-refractivity contribution in [3.63, 3.8) is 0 Å². The molecule has 16 heavy (non-hydrogen) atoms. The number of hydrogen-bond donors (Lipinski definition) is 2. The van der Waals surface area contributed by atoms with Gasteiger partial charge in [0, 0.05) is 19.7 Å². The lowest BCUT2D eigenvalue weighted by Crippen LogP contribution is -2.24. The van der Waals surface area contributed by atoms with E-state index < -0.39 is 6.10 Å². The number of aliphatic hydroxyl groups is 1. The molecule has 0 aliphatic carbocycles. The highest BCUT2D eigenvalue weighted by molar-refractivity contribution is 5.37. The van der Waals surface area contributed by atoms with E-state index in [-0.39, 0.29) is 6.61 Å². The summed E-state index contributed by atoms with van der Waals surface area (Å²) in [5.74, 6) is 1.13. The van der Waals surface area contributed by atoms with Gasteiger partial charge in [-0.2, -0.15) is 0 Å². The third kappa shape index (κ3) is 4.41. The molecule has 1 aromatic heterocycles. The lowest BCUT2D eigenvalue weighted by molar-refractivity contribution is 0.0727. The Bertz CT molecular complexity index is 309. The fourth-order valence-electron chi connectivity index (χ4n) is 1.14. The molecule has 0 spiro atoms. The van der Waals surface area contributed by atoms with Gasteiger partial charge in [0.15, 0.2) is 0 Å². The Kier molecular flexibility index (Phi) is 5.52. The molecule has 0 aliphatic heterocycles. The third-order valence-corrected chi connectivity index (χ3v) is 1.81. The van der Waals surface area contributed by atoms with Gasteiger partial charge in [-0.3, -0.25) is 0 Å². The Balaban J connectivity index is 2.44. The normalized spacial score (nSPS) is 12.2. The molecule has 0 bridgehead atoms. The average Bonchev–Trinajstić information content (AvgIpc) is 2.28. The average molecular weight is 227 g/mol. The van der Waals surface area contributed by atoms with E-state index in [0.29, 0.717) is 24.8 Å². The first-order valence-corrected chi connectivity index (χ1v) is 5.12. The topological polar surface area (TPSA) is 76.5 Å². The SMILES string of the molecule is CCOc1cc(NCC(O)COC)ncn1. The number of nitrogens with zero attached hydrogens (tertiary/aromatic N) is 2. The van der Waals surface area contributed by atoms with Gasteiger partial charge in [-0.05, 0) is 6.92 Å². The fraction of sp³-hybridized carbons (Fsp3) is 0.600. The number of ether oxygens (including phenoxy) is 2. The van der Waals surface area contributed by atoms with Crippen molar-refractivity contribution < 1.29 is 14.6 Å². The first kappa shape index (κ1) is 12.7. The second-order valence-corrected chi connectivity index (χ2v) is 3.16. The number of methoxy groups -OCH3 is 1. The molecule has 90 valence electrons. The number of rotatable bonds is 7. The first-order chi connectivity index (χ1) is 7.76. The minimum absolute atomic E-state index is 0.288. The van der Waals surface area contributed by atoms with E-state index in [1.54, 1.807) is 13.2 Å². The Morgan fingerprint density at radius 3 is 3.00 bits per heavy atom. The molecule has 6 nitrogen and oxygen atoms in total. The van der Waals surface area contributed by atoms with Gasteiger partial charge in [0.25, 0.3) is 0 Å². The molecule has 0 saturated carbocycles. The Morgan fingerprint density at radius 1 is 1.50 bits per heavy atom. The van der Waals surface area contributed by atoms with Gasteiger partial charge in [-0.1, -0.05) is 0 Å². The summed E-state index contributed by atoms with van der Waals surface area (Å²) >= 11 is 0. The van der Waals surface area contributed by atoms with Gasteiger partial charge in [-0.15, -0.1) is 0 Å². The van der Waals surface area contributed by atoms with E-state index in [1.165, 1.54) is 6.33 Å². The van der Waals surface area contributed by atoms with Gasteiger partial charge in [-0.25, -0.2) is 9.97 Å². The van der Waals surface area contributed by atoms with Crippen molar-refractivity contribution >= 4 is 5.82 Å². The maximum Gasteiger partial charge on any atom is 0.218 e. The van der Waals surface area contributed by atoms with E-state index in [2.05, 4.69) is 15.3 Å². The van der Waals surface area contributed by atoms with E-state index in [0.717, 1.165) is 0 Å². The molecule has 1 heterocycles. The maximum absolute atomic E-state index is 9.42. The van der Waals surface area contributed by atoms with E-state index in [9.17, 15) is 5.11 Å². The Hall–Kier alpha value is -1.40. The number of nitrogens with one attached hydrogen (secondary N) is 1. The lowest BCUT2D eigenvalue weighted by atomic mass is 10.4. The number of anilines is 1. The zero-order valence-electron chi connectivity index (χ0n) is 9.51. The van der Waals surface area contributed by atoms with Crippen molar-refractivity contribution in [2.24, 2.45) is 0 Å². The van der Waals surface area contributed by atoms with Crippen molar-refractivity contribution in [3.8, 4) is 5.88 Å². The number of aliphatic hydroxyl groups excluding tert-OH is 1. The van der Waals surface area contributed by atoms with Gasteiger partial charge in [0.2, 0.25) is 5.88 Å². The molecule has 2 N–H and O–H groups in total. The molecular formula is C10H17N3O3. The first-order valence-electron chi connectivity index (χ1n) is 5.12. The second-order valence-electron chi connectivity index (χ2n) is 3.16. The summed E-state index contributed by atoms with van der Waals surface area (Å²) in [6.07, 6.45) is 0.853. The van der Waals surface area contributed by atoms with Crippen LogP contribution in [-0.2, 0) is 4.74 Å². The highest BCUT2D eigenvalue weighted by Crippen LogP contribution is 2.10. The molecule has 1 unspecified atom stereocenters. The highest BCUT2D eigenvalue weighted by Gasteiger charge is 2.04. The predicted molar refractivity (Wildman–Crippen MR) is 59.6 cm³/mol. The minimum atomic E-state index is -0.560. The molecule has 1 atom stereocenters. The molecule has 0 aromatic carbocycles. The van der Waals surface area contributed by atoms with Crippen LogP contribution < -0.4 is 10.1 Å². The summed E-state index contributed by atoms with van der Waals surface area (Å²) < 4.78 is 10.0. The van der Waals surface area contributed by atoms with Crippen LogP contribution >= 0.6 is 0 Å². The van der Waals surface area contributed by atoms with Crippen LogP contribution in [0.15, 0.2) is 12.4 Å². The minimum Gasteiger partial charge on any atom is -0.478 e. The summed E-state index contributed by atoms with van der Waals surface area (Å²) in [5, 5.41) is 12.4. The monoisotopic (exact) mass is 227 g/mol. The summed E-state index contributed by atoms with van der Waals surface area (Å²) in [6.45, 7) is 3.10. The number of hydrogen-bond acceptors (Lipinski definition) is 6. The van der Waals surface area contributed by atoms with Crippen molar-refractivity contribution in [2.45, 2.75) is 13.0 Å². The van der Waals surface area contributed by atoms with Crippen LogP contribution in [-0.4, -0.2) is 48.0 Å². The lowest BCUT2D eigenvalue weighted by Gasteiger charge is -2.11. The number of aromatic nitrogens is 2. The van der Waals surface area contributed by atoms with E-state index in [1.807, 2.05) is 6.92 Å². The van der Waals surface area contributed by atoms with Crippen LogP contribution in [0, 0.1) is 0 Å². The summed E-state index contributed by atoms with van der Waals surface area (Å²) in [6, 6.07) is 1.68. The molecule has 0 radical (unpaired) electrons. The van der Waals surface area contributed by atoms with Crippen molar-refractivity contribution in [1.82, 2.24) is 9.97 Å². The van der Waals surface area contributed by atoms with Crippen LogP contribution in [0.25, 0.3) is 0 Å². The van der Waals surface area contributed by atoms with E-state index >= 15 is 0 Å². The zero-order chi connectivity index (χ0) is 11.8. The van der Waals surface area contributed by atoms with Gasteiger partial charge < -0.3 is 19.9 Å². The van der Waals surface area contributed by atoms with Crippen molar-refractivity contribution in [3.05, 3.63) is 12.4 Å². The summed E-state index contributed by atoms with van der Waals surface area (Å²) in [5.41, 5.74) is 0. The van der Waals surface area contributed by atoms with Crippen molar-refractivity contribution in [1.29, 1.82) is 0 Å². The standard InChI is InChI=1S/C10H17N3O3/c1-3-16-10-4-9(12-7-13-10)11-5-8(14)6-15-2/h4,7-8,14H,3,5-6H2,1-2H3,(H,11,12,13). The van der Waals surface area contributed by atoms with Crippen LogP contribution in [0.1, 0.15) is 6.92 Å². The molecule has 0 saturated heterocycles. The molecule has 0 fully saturated rings. The Morgan fingerprint density at radius 2 is 2.31 bits per heavy atom. The molecule has 6 heteroatoms. The van der Waals surface area contributed by atoms with Gasteiger partial charge in [0.05, 0.1) is 19.3 Å². The van der Waals surface area contributed by atoms with Crippen molar-refractivity contribution in [2.75, 3.05) is 32.2 Å². The summed E-state index contributed by atoms with van der Waals surface area (Å²) in [7, 11) is 1.54. The van der Waals surface area contributed by atoms with Crippen LogP contribution in [0.2, 0.25) is 0 Å². The Labute approximate surface area is 94.6 Å². The van der Waals surface area contributed by atoms with E-state index in [4.69, 9.17) is 9.47 Å². The molecule has 0 amide bonds. The summed E-state index contributed by atoms with van der Waals surface area (Å²) in [4.78, 5) is 7.93. The van der Waals surface area contributed by atoms with Crippen LogP contribution in [0.5, 0.6) is 5.88 Å². The third-order valence-electron chi connectivity index (χ3n) is 1.81. The second kappa shape index (κ2) is 6.97. The maximum atomic E-state index is 9.42. The molecule has 1 rings (SSSR count). The largest absolute Gasteiger partial charge is 0.478 e. The van der Waals surface area contributed by atoms with Crippen LogP contribution in [0.4, 0.5) is 5.82 Å². The molecule has 0 aliphatic rings. The highest BCUT2D eigenvalue weighted by atomic mass is 16.5. The van der Waals surface area contributed by atoms with Gasteiger partial charge >= 0.3 is 0 Å². The zero-order valence-corrected chi connectivity index (χ0v) is 9.51. The molecular weight excluding hydrogens is 210 g/mol. The smallest absolute Gasteiger partial charge is 0.218 e. The van der Waals surface area contributed by atoms with Gasteiger partial charge in [0.1, 0.15) is 12.1 Å². The quantitative estimate of drug-likeness (QED) is 0.697. The predicted octanol–water partition coefficient (Wildman–Crippen LogP) is 0.294. The van der Waals surface area contributed by atoms with Crippen LogP contribution in [0.3, 0.4) is 0 Å². The molecule has 1 aromatic rings. The fourth-order valence-corrected chi connectivity index (χ4v) is 1.14.